The highest BCUT2D eigenvalue weighted by Crippen LogP contribution is 2.24. The fraction of sp³-hybridized carbons (Fsp3) is 0.200. The topological polar surface area (TPSA) is 42.0 Å². The third kappa shape index (κ3) is 3.42. The van der Waals surface area contributed by atoms with E-state index in [1.807, 2.05) is 19.1 Å². The molecule has 0 bridgehead atoms. The summed E-state index contributed by atoms with van der Waals surface area (Å²) in [6, 6.07) is 6.69. The summed E-state index contributed by atoms with van der Waals surface area (Å²) in [5.41, 5.74) is 2.98. The number of benzene rings is 1. The Labute approximate surface area is 125 Å². The third-order valence-corrected chi connectivity index (χ3v) is 3.59. The van der Waals surface area contributed by atoms with E-state index in [0.717, 1.165) is 11.3 Å². The van der Waals surface area contributed by atoms with Gasteiger partial charge in [-0.3, -0.25) is 9.78 Å². The predicted octanol–water partition coefficient (Wildman–Crippen LogP) is 3.78. The number of hydrogen-bond acceptors (Lipinski definition) is 2. The van der Waals surface area contributed by atoms with Gasteiger partial charge in [0.25, 0.3) is 0 Å². The van der Waals surface area contributed by atoms with Crippen LogP contribution in [0.15, 0.2) is 34.9 Å². The van der Waals surface area contributed by atoms with Crippen LogP contribution in [0.2, 0.25) is 0 Å². The molecule has 1 aromatic heterocycles. The van der Waals surface area contributed by atoms with Crippen LogP contribution in [0.1, 0.15) is 16.8 Å². The van der Waals surface area contributed by atoms with Crippen molar-refractivity contribution in [1.29, 1.82) is 0 Å². The van der Waals surface area contributed by atoms with Crippen LogP contribution in [0.25, 0.3) is 0 Å². The maximum absolute atomic E-state index is 13.3. The summed E-state index contributed by atoms with van der Waals surface area (Å²) in [6.07, 6.45) is 1.86. The molecule has 0 aliphatic rings. The molecule has 20 heavy (non-hydrogen) atoms. The summed E-state index contributed by atoms with van der Waals surface area (Å²) < 4.78 is 13.7. The monoisotopic (exact) mass is 336 g/mol. The van der Waals surface area contributed by atoms with E-state index < -0.39 is 0 Å². The molecule has 2 rings (SSSR count). The fourth-order valence-corrected chi connectivity index (χ4v) is 2.17. The summed E-state index contributed by atoms with van der Waals surface area (Å²) >= 11 is 3.11. The number of nitrogens with zero attached hydrogens (tertiary/aromatic N) is 1. The van der Waals surface area contributed by atoms with E-state index in [1.165, 1.54) is 6.07 Å². The van der Waals surface area contributed by atoms with Crippen molar-refractivity contribution in [1.82, 2.24) is 4.98 Å². The molecule has 0 aliphatic heterocycles. The third-order valence-electron chi connectivity index (χ3n) is 2.99. The molecule has 1 heterocycles. The number of aromatic nitrogens is 1. The van der Waals surface area contributed by atoms with Gasteiger partial charge in [0, 0.05) is 11.9 Å². The number of hydrogen-bond donors (Lipinski definition) is 1. The average molecular weight is 337 g/mol. The Balaban J connectivity index is 2.13. The quantitative estimate of drug-likeness (QED) is 0.926. The highest BCUT2D eigenvalue weighted by atomic mass is 79.9. The van der Waals surface area contributed by atoms with Crippen molar-refractivity contribution in [2.45, 2.75) is 20.3 Å². The zero-order valence-electron chi connectivity index (χ0n) is 11.2. The molecule has 0 atom stereocenters. The van der Waals surface area contributed by atoms with Crippen molar-refractivity contribution >= 4 is 27.5 Å². The minimum atomic E-state index is -0.346. The molecule has 0 fully saturated rings. The number of carbonyl (C=O) groups is 1. The Bertz CT molecular complexity index is 658. The van der Waals surface area contributed by atoms with Gasteiger partial charge in [-0.2, -0.15) is 0 Å². The summed E-state index contributed by atoms with van der Waals surface area (Å²) in [4.78, 5) is 16.2. The van der Waals surface area contributed by atoms with Crippen molar-refractivity contribution < 1.29 is 9.18 Å². The zero-order valence-corrected chi connectivity index (χ0v) is 12.8. The van der Waals surface area contributed by atoms with Crippen molar-refractivity contribution in [3.63, 3.8) is 0 Å². The molecule has 0 unspecified atom stereocenters. The summed E-state index contributed by atoms with van der Waals surface area (Å²) in [6.45, 7) is 3.66. The van der Waals surface area contributed by atoms with E-state index in [0.29, 0.717) is 15.7 Å². The van der Waals surface area contributed by atoms with Crippen molar-refractivity contribution in [3.8, 4) is 0 Å². The number of pyridine rings is 1. The summed E-state index contributed by atoms with van der Waals surface area (Å²) in [7, 11) is 0. The molecule has 1 N–H and O–H groups in total. The lowest BCUT2D eigenvalue weighted by Gasteiger charge is -2.10. The second kappa shape index (κ2) is 6.13. The first kappa shape index (κ1) is 14.7. The number of anilines is 1. The molecule has 1 aromatic carbocycles. The normalized spacial score (nSPS) is 10.4. The first-order valence-corrected chi connectivity index (χ1v) is 6.92. The summed E-state index contributed by atoms with van der Waals surface area (Å²) in [5.74, 6) is -0.519. The van der Waals surface area contributed by atoms with Gasteiger partial charge in [-0.1, -0.05) is 6.07 Å². The maximum atomic E-state index is 13.3. The van der Waals surface area contributed by atoms with Crippen LogP contribution in [0.4, 0.5) is 10.1 Å². The molecule has 3 nitrogen and oxygen atoms in total. The van der Waals surface area contributed by atoms with Gasteiger partial charge >= 0.3 is 0 Å². The van der Waals surface area contributed by atoms with Crippen LogP contribution in [0.3, 0.4) is 0 Å². The largest absolute Gasteiger partial charge is 0.325 e. The molecule has 0 saturated heterocycles. The van der Waals surface area contributed by atoms with Crippen LogP contribution in [-0.4, -0.2) is 10.9 Å². The first-order valence-electron chi connectivity index (χ1n) is 6.13. The van der Waals surface area contributed by atoms with Gasteiger partial charge in [-0.05, 0) is 59.1 Å². The molecular formula is C15H14BrFN2O. The number of aryl methyl sites for hydroxylation is 2. The number of amides is 1. The van der Waals surface area contributed by atoms with Gasteiger partial charge in [-0.15, -0.1) is 0 Å². The van der Waals surface area contributed by atoms with Crippen LogP contribution >= 0.6 is 15.9 Å². The van der Waals surface area contributed by atoms with Crippen LogP contribution in [0.5, 0.6) is 0 Å². The second-order valence-corrected chi connectivity index (χ2v) is 5.43. The number of rotatable bonds is 3. The zero-order chi connectivity index (χ0) is 14.7. The molecule has 104 valence electrons. The van der Waals surface area contributed by atoms with E-state index in [9.17, 15) is 9.18 Å². The van der Waals surface area contributed by atoms with Gasteiger partial charge in [0.1, 0.15) is 5.82 Å². The van der Waals surface area contributed by atoms with Crippen LogP contribution in [-0.2, 0) is 11.2 Å². The number of halogens is 2. The smallest absolute Gasteiger partial charge is 0.230 e. The highest BCUT2D eigenvalue weighted by molar-refractivity contribution is 9.10. The molecular weight excluding hydrogens is 323 g/mol. The molecule has 5 heteroatoms. The molecule has 1 amide bonds. The lowest BCUT2D eigenvalue weighted by Crippen LogP contribution is -2.16. The van der Waals surface area contributed by atoms with Crippen molar-refractivity contribution in [3.05, 3.63) is 57.6 Å². The SMILES string of the molecule is Cc1cc(F)c(Br)cc1NC(=O)Cc1ncccc1C. The number of carbonyl (C=O) groups excluding carboxylic acids is 1. The first-order chi connectivity index (χ1) is 9.47. The fourth-order valence-electron chi connectivity index (χ4n) is 1.83. The molecule has 0 aliphatic carbocycles. The standard InChI is InChI=1S/C15H14BrFN2O/c1-9-4-3-5-18-13(9)8-15(20)19-14-7-11(16)12(17)6-10(14)2/h3-7H,8H2,1-2H3,(H,19,20). The van der Waals surface area contributed by atoms with E-state index in [-0.39, 0.29) is 18.1 Å². The molecule has 0 radical (unpaired) electrons. The van der Waals surface area contributed by atoms with E-state index >= 15 is 0 Å². The molecule has 0 spiro atoms. The predicted molar refractivity (Wildman–Crippen MR) is 80.1 cm³/mol. The van der Waals surface area contributed by atoms with E-state index in [1.54, 1.807) is 19.2 Å². The Hall–Kier alpha value is -1.75. The molecule has 2 aromatic rings. The van der Waals surface area contributed by atoms with Gasteiger partial charge < -0.3 is 5.32 Å². The van der Waals surface area contributed by atoms with Crippen molar-refractivity contribution in [2.24, 2.45) is 0 Å². The average Bonchev–Trinajstić information content (AvgIpc) is 2.39. The van der Waals surface area contributed by atoms with Gasteiger partial charge in [0.2, 0.25) is 5.91 Å². The van der Waals surface area contributed by atoms with Gasteiger partial charge in [-0.25, -0.2) is 4.39 Å². The second-order valence-electron chi connectivity index (χ2n) is 4.57. The van der Waals surface area contributed by atoms with Crippen LogP contribution in [0, 0.1) is 19.7 Å². The van der Waals surface area contributed by atoms with E-state index in [4.69, 9.17) is 0 Å². The Kier molecular flexibility index (Phi) is 4.49. The van der Waals surface area contributed by atoms with Crippen molar-refractivity contribution in [2.75, 3.05) is 5.32 Å². The Morgan fingerprint density at radius 3 is 2.80 bits per heavy atom. The number of nitrogens with one attached hydrogen (secondary N) is 1. The van der Waals surface area contributed by atoms with Gasteiger partial charge in [0.15, 0.2) is 0 Å². The Morgan fingerprint density at radius 1 is 1.35 bits per heavy atom. The lowest BCUT2D eigenvalue weighted by molar-refractivity contribution is -0.115. The maximum Gasteiger partial charge on any atom is 0.230 e. The highest BCUT2D eigenvalue weighted by Gasteiger charge is 2.10. The lowest BCUT2D eigenvalue weighted by atomic mass is 10.1. The van der Waals surface area contributed by atoms with Gasteiger partial charge in [0.05, 0.1) is 16.6 Å². The Morgan fingerprint density at radius 2 is 2.10 bits per heavy atom. The van der Waals surface area contributed by atoms with Crippen LogP contribution < -0.4 is 5.32 Å². The molecule has 0 saturated carbocycles. The summed E-state index contributed by atoms with van der Waals surface area (Å²) in [5, 5.41) is 2.78. The van der Waals surface area contributed by atoms with E-state index in [2.05, 4.69) is 26.2 Å². The minimum Gasteiger partial charge on any atom is -0.325 e. The minimum absolute atomic E-state index is 0.173.